The fourth-order valence-electron chi connectivity index (χ4n) is 3.71. The molecule has 4 rings (SSSR count). The largest absolute Gasteiger partial charge is 0.481 e. The van der Waals surface area contributed by atoms with Crippen LogP contribution in [-0.4, -0.2) is 23.0 Å². The molecule has 1 amide bonds. The summed E-state index contributed by atoms with van der Waals surface area (Å²) < 4.78 is 5.82. The highest BCUT2D eigenvalue weighted by Crippen LogP contribution is 2.29. The van der Waals surface area contributed by atoms with Crippen molar-refractivity contribution in [2.75, 3.05) is 0 Å². The van der Waals surface area contributed by atoms with Crippen molar-refractivity contribution in [1.82, 2.24) is 5.32 Å². The lowest BCUT2D eigenvalue weighted by atomic mass is 10.1. The van der Waals surface area contributed by atoms with Crippen molar-refractivity contribution in [3.05, 3.63) is 48.2 Å². The average Bonchev–Trinajstić information content (AvgIpc) is 3.21. The molecule has 0 unspecified atom stereocenters. The highest BCUT2D eigenvalue weighted by molar-refractivity contribution is 6.06. The van der Waals surface area contributed by atoms with Crippen LogP contribution in [0.15, 0.2) is 46.9 Å². The molecule has 2 aromatic carbocycles. The number of carboxylic acid groups (broad SMARTS) is 1. The lowest BCUT2D eigenvalue weighted by molar-refractivity contribution is -0.141. The molecule has 1 saturated carbocycles. The van der Waals surface area contributed by atoms with E-state index < -0.39 is 5.97 Å². The molecule has 0 bridgehead atoms. The maximum atomic E-state index is 12.3. The van der Waals surface area contributed by atoms with Crippen LogP contribution in [0.3, 0.4) is 0 Å². The van der Waals surface area contributed by atoms with E-state index in [0.717, 1.165) is 21.7 Å². The van der Waals surface area contributed by atoms with Crippen LogP contribution in [0.5, 0.6) is 0 Å². The Morgan fingerprint density at radius 2 is 1.96 bits per heavy atom. The zero-order chi connectivity index (χ0) is 17.4. The van der Waals surface area contributed by atoms with Crippen LogP contribution in [0.1, 0.15) is 25.0 Å². The second-order valence-corrected chi connectivity index (χ2v) is 6.70. The highest BCUT2D eigenvalue weighted by Gasteiger charge is 2.30. The number of fused-ring (bicyclic) bond motifs is 3. The molecular formula is C20H19NO4. The van der Waals surface area contributed by atoms with E-state index >= 15 is 0 Å². The quantitative estimate of drug-likeness (QED) is 0.764. The van der Waals surface area contributed by atoms with Crippen LogP contribution in [-0.2, 0) is 16.0 Å². The number of amides is 1. The summed E-state index contributed by atoms with van der Waals surface area (Å²) in [5.41, 5.74) is 0.772. The van der Waals surface area contributed by atoms with Crippen LogP contribution < -0.4 is 5.32 Å². The summed E-state index contributed by atoms with van der Waals surface area (Å²) >= 11 is 0. The first-order valence-electron chi connectivity index (χ1n) is 8.52. The molecule has 5 nitrogen and oxygen atoms in total. The Balaban J connectivity index is 1.48. The smallest absolute Gasteiger partial charge is 0.306 e. The second-order valence-electron chi connectivity index (χ2n) is 6.70. The topological polar surface area (TPSA) is 79.5 Å². The van der Waals surface area contributed by atoms with E-state index in [1.54, 1.807) is 0 Å². The standard InChI is InChI=1S/C20H19NO4/c22-19(21-14-7-5-13(9-14)20(23)24)11-15-10-17-16-4-2-1-3-12(16)6-8-18(17)25-15/h1-4,6,8,10,13-14H,5,7,9,11H2,(H,21,22)(H,23,24)/t13-,14+/m1/s1. The van der Waals surface area contributed by atoms with E-state index in [1.165, 1.54) is 0 Å². The van der Waals surface area contributed by atoms with Gasteiger partial charge in [0.1, 0.15) is 11.3 Å². The molecule has 1 aliphatic rings. The molecule has 2 atom stereocenters. The van der Waals surface area contributed by atoms with E-state index in [9.17, 15) is 9.59 Å². The van der Waals surface area contributed by atoms with E-state index in [1.807, 2.05) is 42.5 Å². The lowest BCUT2D eigenvalue weighted by Gasteiger charge is -2.11. The van der Waals surface area contributed by atoms with Crippen molar-refractivity contribution in [3.63, 3.8) is 0 Å². The summed E-state index contributed by atoms with van der Waals surface area (Å²) in [5.74, 6) is -0.625. The summed E-state index contributed by atoms with van der Waals surface area (Å²) in [4.78, 5) is 23.3. The van der Waals surface area contributed by atoms with Crippen LogP contribution in [0.4, 0.5) is 0 Å². The predicted molar refractivity (Wildman–Crippen MR) is 94.3 cm³/mol. The summed E-state index contributed by atoms with van der Waals surface area (Å²) in [7, 11) is 0. The van der Waals surface area contributed by atoms with Gasteiger partial charge >= 0.3 is 5.97 Å². The number of carbonyl (C=O) groups is 2. The van der Waals surface area contributed by atoms with Crippen molar-refractivity contribution < 1.29 is 19.1 Å². The SMILES string of the molecule is O=C(Cc1cc2c(ccc3ccccc32)o1)N[C@H]1CC[C@@H](C(=O)O)C1. The van der Waals surface area contributed by atoms with Gasteiger partial charge in [0.2, 0.25) is 5.91 Å². The van der Waals surface area contributed by atoms with Gasteiger partial charge < -0.3 is 14.8 Å². The molecule has 2 N–H and O–H groups in total. The molecule has 1 heterocycles. The van der Waals surface area contributed by atoms with Crippen LogP contribution in [0.2, 0.25) is 0 Å². The maximum absolute atomic E-state index is 12.3. The first-order chi connectivity index (χ1) is 12.1. The van der Waals surface area contributed by atoms with Gasteiger partial charge in [-0.25, -0.2) is 0 Å². The molecule has 0 radical (unpaired) electrons. The van der Waals surface area contributed by atoms with Crippen molar-refractivity contribution in [3.8, 4) is 0 Å². The molecule has 0 spiro atoms. The minimum Gasteiger partial charge on any atom is -0.481 e. The number of rotatable bonds is 4. The highest BCUT2D eigenvalue weighted by atomic mass is 16.4. The zero-order valence-corrected chi connectivity index (χ0v) is 13.7. The minimum atomic E-state index is -0.777. The number of furan rings is 1. The number of aliphatic carboxylic acids is 1. The van der Waals surface area contributed by atoms with E-state index in [2.05, 4.69) is 5.32 Å². The van der Waals surface area contributed by atoms with Gasteiger partial charge in [0.15, 0.2) is 0 Å². The molecule has 1 aromatic heterocycles. The van der Waals surface area contributed by atoms with Gasteiger partial charge in [0.05, 0.1) is 12.3 Å². The van der Waals surface area contributed by atoms with Crippen molar-refractivity contribution in [2.24, 2.45) is 5.92 Å². The van der Waals surface area contributed by atoms with Gasteiger partial charge in [-0.1, -0.05) is 30.3 Å². The van der Waals surface area contributed by atoms with Crippen LogP contribution in [0, 0.1) is 5.92 Å². The average molecular weight is 337 g/mol. The second kappa shape index (κ2) is 6.24. The number of carboxylic acids is 1. The van der Waals surface area contributed by atoms with Crippen molar-refractivity contribution in [2.45, 2.75) is 31.7 Å². The summed E-state index contributed by atoms with van der Waals surface area (Å²) in [6.07, 6.45) is 2.01. The molecule has 1 aliphatic carbocycles. The van der Waals surface area contributed by atoms with Gasteiger partial charge in [-0.3, -0.25) is 9.59 Å². The maximum Gasteiger partial charge on any atom is 0.306 e. The Kier molecular flexibility index (Phi) is 3.92. The molecular weight excluding hydrogens is 318 g/mol. The summed E-state index contributed by atoms with van der Waals surface area (Å²) in [6, 6.07) is 13.9. The van der Waals surface area contributed by atoms with Gasteiger partial charge in [0, 0.05) is 11.4 Å². The molecule has 128 valence electrons. The van der Waals surface area contributed by atoms with E-state index in [0.29, 0.717) is 25.0 Å². The number of hydrogen-bond acceptors (Lipinski definition) is 3. The monoisotopic (exact) mass is 337 g/mol. The van der Waals surface area contributed by atoms with Gasteiger partial charge in [0.25, 0.3) is 0 Å². The fraction of sp³-hybridized carbons (Fsp3) is 0.300. The third-order valence-electron chi connectivity index (χ3n) is 4.96. The summed E-state index contributed by atoms with van der Waals surface area (Å²) in [5, 5.41) is 15.2. The number of hydrogen-bond donors (Lipinski definition) is 2. The first kappa shape index (κ1) is 15.7. The van der Waals surface area contributed by atoms with Crippen molar-refractivity contribution in [1.29, 1.82) is 0 Å². The van der Waals surface area contributed by atoms with Gasteiger partial charge in [-0.2, -0.15) is 0 Å². The molecule has 0 aliphatic heterocycles. The van der Waals surface area contributed by atoms with Gasteiger partial charge in [-0.15, -0.1) is 0 Å². The van der Waals surface area contributed by atoms with Gasteiger partial charge in [-0.05, 0) is 42.2 Å². The molecule has 0 saturated heterocycles. The van der Waals surface area contributed by atoms with E-state index in [4.69, 9.17) is 9.52 Å². The number of nitrogens with one attached hydrogen (secondary N) is 1. The molecule has 1 fully saturated rings. The molecule has 25 heavy (non-hydrogen) atoms. The lowest BCUT2D eigenvalue weighted by Crippen LogP contribution is -2.34. The number of carbonyl (C=O) groups excluding carboxylic acids is 1. The van der Waals surface area contributed by atoms with Crippen molar-refractivity contribution >= 4 is 33.6 Å². The third-order valence-corrected chi connectivity index (χ3v) is 4.96. The summed E-state index contributed by atoms with van der Waals surface area (Å²) in [6.45, 7) is 0. The first-order valence-corrected chi connectivity index (χ1v) is 8.52. The van der Waals surface area contributed by atoms with Crippen LogP contribution >= 0.6 is 0 Å². The predicted octanol–water partition coefficient (Wildman–Crippen LogP) is 3.50. The Labute approximate surface area is 144 Å². The Bertz CT molecular complexity index is 959. The zero-order valence-electron chi connectivity index (χ0n) is 13.7. The normalized spacial score (nSPS) is 20.2. The molecule has 5 heteroatoms. The minimum absolute atomic E-state index is 0.0567. The fourth-order valence-corrected chi connectivity index (χ4v) is 3.71. The van der Waals surface area contributed by atoms with E-state index in [-0.39, 0.29) is 24.3 Å². The third kappa shape index (κ3) is 3.09. The Morgan fingerprint density at radius 1 is 1.12 bits per heavy atom. The Morgan fingerprint density at radius 3 is 2.76 bits per heavy atom. The van der Waals surface area contributed by atoms with Crippen LogP contribution in [0.25, 0.3) is 21.7 Å². The number of benzene rings is 2. The molecule has 3 aromatic rings. The Hall–Kier alpha value is -2.82.